The molecule has 7 heteroatoms. The predicted octanol–water partition coefficient (Wildman–Crippen LogP) is 3.15. The Hall–Kier alpha value is -2.28. The van der Waals surface area contributed by atoms with E-state index in [1.165, 1.54) is 6.26 Å². The van der Waals surface area contributed by atoms with Crippen LogP contribution in [0.4, 0.5) is 4.79 Å². The van der Waals surface area contributed by atoms with Gasteiger partial charge in [0, 0.05) is 19.6 Å². The van der Waals surface area contributed by atoms with Crippen molar-refractivity contribution >= 4 is 15.9 Å². The molecule has 0 bridgehead atoms. The molecule has 0 aliphatic carbocycles. The fourth-order valence-electron chi connectivity index (χ4n) is 2.53. The molecule has 2 rings (SSSR count). The molecule has 0 aliphatic heterocycles. The molecule has 0 fully saturated rings. The van der Waals surface area contributed by atoms with Gasteiger partial charge in [-0.1, -0.05) is 17.7 Å². The first-order valence-corrected chi connectivity index (χ1v) is 9.81. The van der Waals surface area contributed by atoms with Crippen LogP contribution in [0.2, 0.25) is 0 Å². The van der Waals surface area contributed by atoms with Crippen molar-refractivity contribution < 1.29 is 17.6 Å². The van der Waals surface area contributed by atoms with E-state index in [-0.39, 0.29) is 17.5 Å². The zero-order chi connectivity index (χ0) is 18.4. The number of nitrogens with zero attached hydrogens (tertiary/aromatic N) is 1. The lowest BCUT2D eigenvalue weighted by atomic mass is 10.2. The van der Waals surface area contributed by atoms with Gasteiger partial charge in [-0.05, 0) is 45.0 Å². The van der Waals surface area contributed by atoms with E-state index in [0.717, 1.165) is 5.56 Å². The van der Waals surface area contributed by atoms with Gasteiger partial charge in [0.15, 0.2) is 9.84 Å². The monoisotopic (exact) mass is 364 g/mol. The number of aryl methyl sites for hydroxylation is 1. The topological polar surface area (TPSA) is 79.6 Å². The van der Waals surface area contributed by atoms with E-state index in [4.69, 9.17) is 4.42 Å². The Morgan fingerprint density at radius 3 is 2.32 bits per heavy atom. The Kier molecular flexibility index (Phi) is 6.25. The van der Waals surface area contributed by atoms with Crippen molar-refractivity contribution in [2.45, 2.75) is 30.9 Å². The van der Waals surface area contributed by atoms with Gasteiger partial charge in [0.25, 0.3) is 0 Å². The van der Waals surface area contributed by atoms with Crippen LogP contribution in [0, 0.1) is 6.92 Å². The predicted molar refractivity (Wildman–Crippen MR) is 96.1 cm³/mol. The van der Waals surface area contributed by atoms with Gasteiger partial charge in [-0.2, -0.15) is 0 Å². The highest BCUT2D eigenvalue weighted by molar-refractivity contribution is 7.91. The molecule has 1 aromatic carbocycles. The van der Waals surface area contributed by atoms with Gasteiger partial charge in [-0.15, -0.1) is 0 Å². The van der Waals surface area contributed by atoms with Crippen molar-refractivity contribution in [1.29, 1.82) is 0 Å². The van der Waals surface area contributed by atoms with Gasteiger partial charge in [0.1, 0.15) is 11.0 Å². The molecular weight excluding hydrogens is 340 g/mol. The Balaban J connectivity index is 2.28. The van der Waals surface area contributed by atoms with Crippen LogP contribution in [0.3, 0.4) is 0 Å². The number of furan rings is 1. The zero-order valence-electron chi connectivity index (χ0n) is 14.7. The molecule has 0 radical (unpaired) electrons. The Morgan fingerprint density at radius 1 is 1.16 bits per heavy atom. The molecule has 6 nitrogen and oxygen atoms in total. The minimum absolute atomic E-state index is 0.0565. The summed E-state index contributed by atoms with van der Waals surface area (Å²) >= 11 is 0. The van der Waals surface area contributed by atoms with Crippen LogP contribution in [-0.2, 0) is 9.84 Å². The Morgan fingerprint density at radius 2 is 1.80 bits per heavy atom. The minimum Gasteiger partial charge on any atom is -0.468 e. The van der Waals surface area contributed by atoms with Crippen LogP contribution < -0.4 is 5.32 Å². The van der Waals surface area contributed by atoms with E-state index < -0.39 is 15.1 Å². The second kappa shape index (κ2) is 8.20. The summed E-state index contributed by atoms with van der Waals surface area (Å²) < 4.78 is 31.4. The Labute approximate surface area is 148 Å². The summed E-state index contributed by atoms with van der Waals surface area (Å²) in [4.78, 5) is 14.0. The lowest BCUT2D eigenvalue weighted by Crippen LogP contribution is -2.42. The number of benzene rings is 1. The molecule has 1 atom stereocenters. The summed E-state index contributed by atoms with van der Waals surface area (Å²) in [6, 6.07) is 9.61. The highest BCUT2D eigenvalue weighted by atomic mass is 32.2. The molecule has 0 saturated heterocycles. The van der Waals surface area contributed by atoms with Crippen molar-refractivity contribution in [2.75, 3.05) is 19.6 Å². The van der Waals surface area contributed by atoms with Crippen LogP contribution >= 0.6 is 0 Å². The first-order valence-electron chi connectivity index (χ1n) is 8.26. The number of nitrogens with one attached hydrogen (secondary N) is 1. The molecule has 0 spiro atoms. The molecule has 25 heavy (non-hydrogen) atoms. The van der Waals surface area contributed by atoms with E-state index in [1.807, 2.05) is 20.8 Å². The largest absolute Gasteiger partial charge is 0.468 e. The molecule has 136 valence electrons. The molecule has 0 saturated carbocycles. The second-order valence-electron chi connectivity index (χ2n) is 5.72. The van der Waals surface area contributed by atoms with Gasteiger partial charge in [0.2, 0.25) is 0 Å². The first-order chi connectivity index (χ1) is 11.9. The number of urea groups is 1. The number of carbonyl (C=O) groups excluding carboxylic acids is 1. The normalized spacial score (nSPS) is 12.6. The number of rotatable bonds is 7. The number of hydrogen-bond acceptors (Lipinski definition) is 4. The van der Waals surface area contributed by atoms with Gasteiger partial charge in [-0.3, -0.25) is 0 Å². The Bertz CT molecular complexity index is 779. The molecule has 1 unspecified atom stereocenters. The fourth-order valence-corrected chi connectivity index (χ4v) is 4.12. The van der Waals surface area contributed by atoms with Crippen molar-refractivity contribution in [1.82, 2.24) is 10.2 Å². The number of sulfone groups is 1. The molecule has 1 N–H and O–H groups in total. The minimum atomic E-state index is -3.70. The third-order valence-electron chi connectivity index (χ3n) is 4.07. The highest BCUT2D eigenvalue weighted by Crippen LogP contribution is 2.29. The third kappa shape index (κ3) is 4.42. The van der Waals surface area contributed by atoms with Crippen molar-refractivity contribution in [3.8, 4) is 0 Å². The molecule has 2 amide bonds. The maximum absolute atomic E-state index is 13.0. The summed E-state index contributed by atoms with van der Waals surface area (Å²) in [5.74, 6) is 0.306. The van der Waals surface area contributed by atoms with Gasteiger partial charge < -0.3 is 14.6 Å². The van der Waals surface area contributed by atoms with E-state index >= 15 is 0 Å². The van der Waals surface area contributed by atoms with E-state index in [0.29, 0.717) is 18.8 Å². The maximum atomic E-state index is 13.0. The van der Waals surface area contributed by atoms with Gasteiger partial charge in [0.05, 0.1) is 11.2 Å². The summed E-state index contributed by atoms with van der Waals surface area (Å²) in [5, 5.41) is 1.73. The smallest absolute Gasteiger partial charge is 0.317 e. The van der Waals surface area contributed by atoms with Crippen molar-refractivity contribution in [3.63, 3.8) is 0 Å². The SMILES string of the molecule is CCN(CC)C(=O)NCC(c1ccco1)S(=O)(=O)c1ccc(C)cc1. The highest BCUT2D eigenvalue weighted by Gasteiger charge is 2.32. The summed E-state index contributed by atoms with van der Waals surface area (Å²) in [5.41, 5.74) is 0.975. The summed E-state index contributed by atoms with van der Waals surface area (Å²) in [7, 11) is -3.70. The molecular formula is C18H24N2O4S. The zero-order valence-corrected chi connectivity index (χ0v) is 15.5. The lowest BCUT2D eigenvalue weighted by Gasteiger charge is -2.22. The summed E-state index contributed by atoms with van der Waals surface area (Å²) in [6.45, 7) is 6.69. The molecule has 2 aromatic rings. The number of carbonyl (C=O) groups is 1. The van der Waals surface area contributed by atoms with Crippen LogP contribution in [0.1, 0.15) is 30.4 Å². The van der Waals surface area contributed by atoms with Crippen LogP contribution in [0.15, 0.2) is 52.0 Å². The van der Waals surface area contributed by atoms with Crippen LogP contribution in [0.5, 0.6) is 0 Å². The first kappa shape index (κ1) is 19.1. The number of amides is 2. The third-order valence-corrected chi connectivity index (χ3v) is 6.15. The molecule has 1 aromatic heterocycles. The molecule has 1 heterocycles. The second-order valence-corrected chi connectivity index (χ2v) is 7.85. The average Bonchev–Trinajstić information content (AvgIpc) is 3.10. The average molecular weight is 364 g/mol. The van der Waals surface area contributed by atoms with Crippen LogP contribution in [0.25, 0.3) is 0 Å². The van der Waals surface area contributed by atoms with Crippen molar-refractivity contribution in [2.24, 2.45) is 0 Å². The maximum Gasteiger partial charge on any atom is 0.317 e. The van der Waals surface area contributed by atoms with Gasteiger partial charge in [-0.25, -0.2) is 13.2 Å². The summed E-state index contributed by atoms with van der Waals surface area (Å²) in [6.07, 6.45) is 1.43. The number of hydrogen-bond donors (Lipinski definition) is 1. The van der Waals surface area contributed by atoms with Crippen LogP contribution in [-0.4, -0.2) is 39.0 Å². The van der Waals surface area contributed by atoms with E-state index in [2.05, 4.69) is 5.32 Å². The molecule has 0 aliphatic rings. The van der Waals surface area contributed by atoms with Gasteiger partial charge >= 0.3 is 6.03 Å². The standard InChI is InChI=1S/C18H24N2O4S/c1-4-20(5-2)18(21)19-13-17(16-7-6-12-24-16)25(22,23)15-10-8-14(3)9-11-15/h6-12,17H,4-5,13H2,1-3H3,(H,19,21). The lowest BCUT2D eigenvalue weighted by molar-refractivity contribution is 0.203. The van der Waals surface area contributed by atoms with Crippen molar-refractivity contribution in [3.05, 3.63) is 54.0 Å². The van der Waals surface area contributed by atoms with E-state index in [9.17, 15) is 13.2 Å². The fraction of sp³-hybridized carbons (Fsp3) is 0.389. The quantitative estimate of drug-likeness (QED) is 0.818. The van der Waals surface area contributed by atoms with E-state index in [1.54, 1.807) is 41.3 Å².